The van der Waals surface area contributed by atoms with Crippen LogP contribution in [0.1, 0.15) is 11.1 Å². The van der Waals surface area contributed by atoms with E-state index in [0.29, 0.717) is 4.77 Å². The Bertz CT molecular complexity index is 835. The normalized spacial score (nSPS) is 12.3. The molecule has 0 aliphatic heterocycles. The zero-order valence-electron chi connectivity index (χ0n) is 13.4. The van der Waals surface area contributed by atoms with Crippen molar-refractivity contribution in [2.45, 2.75) is 20.1 Å². The van der Waals surface area contributed by atoms with Gasteiger partial charge < -0.3 is 4.90 Å². The fourth-order valence-electron chi connectivity index (χ4n) is 2.65. The number of aryl methyl sites for hydroxylation is 1. The summed E-state index contributed by atoms with van der Waals surface area (Å²) in [6.45, 7) is 3.86. The van der Waals surface area contributed by atoms with Gasteiger partial charge in [-0.25, -0.2) is 4.68 Å². The third kappa shape index (κ3) is 3.75. The fraction of sp³-hybridized carbons (Fsp3) is 0.222. The zero-order chi connectivity index (χ0) is 16.2. The number of hydrogen-bond acceptors (Lipinski definition) is 2. The molecular formula is C18H21N4S+. The molecule has 0 amide bonds. The van der Waals surface area contributed by atoms with Crippen molar-refractivity contribution in [3.8, 4) is 11.4 Å². The number of H-pyrrole nitrogens is 1. The third-order valence-electron chi connectivity index (χ3n) is 3.91. The van der Waals surface area contributed by atoms with E-state index in [1.54, 1.807) is 0 Å². The highest BCUT2D eigenvalue weighted by Crippen LogP contribution is 2.13. The molecule has 23 heavy (non-hydrogen) atoms. The predicted molar refractivity (Wildman–Crippen MR) is 94.6 cm³/mol. The minimum atomic E-state index is 0.591. The number of hydrogen-bond donors (Lipinski definition) is 2. The van der Waals surface area contributed by atoms with Crippen LogP contribution in [0.5, 0.6) is 0 Å². The molecule has 3 aromatic rings. The van der Waals surface area contributed by atoms with Crippen LogP contribution in [0.15, 0.2) is 54.6 Å². The Hall–Kier alpha value is -2.24. The first-order valence-electron chi connectivity index (χ1n) is 7.71. The monoisotopic (exact) mass is 325 g/mol. The van der Waals surface area contributed by atoms with Crippen molar-refractivity contribution >= 4 is 12.2 Å². The lowest BCUT2D eigenvalue weighted by molar-refractivity contribution is -0.917. The summed E-state index contributed by atoms with van der Waals surface area (Å²) in [5.41, 5.74) is 3.73. The lowest BCUT2D eigenvalue weighted by Crippen LogP contribution is -3.07. The molecule has 3 rings (SSSR count). The van der Waals surface area contributed by atoms with Gasteiger partial charge in [0.1, 0.15) is 6.54 Å². The summed E-state index contributed by atoms with van der Waals surface area (Å²) in [5, 5.41) is 3.31. The Kier molecular flexibility index (Phi) is 4.69. The van der Waals surface area contributed by atoms with Gasteiger partial charge in [-0.1, -0.05) is 54.6 Å². The number of rotatable bonds is 5. The van der Waals surface area contributed by atoms with Crippen LogP contribution in [0.4, 0.5) is 0 Å². The van der Waals surface area contributed by atoms with Gasteiger partial charge in [-0.15, -0.1) is 0 Å². The highest BCUT2D eigenvalue weighted by molar-refractivity contribution is 7.71. The van der Waals surface area contributed by atoms with Gasteiger partial charge in [0.15, 0.2) is 12.5 Å². The molecule has 0 saturated carbocycles. The van der Waals surface area contributed by atoms with Crippen molar-refractivity contribution in [1.29, 1.82) is 0 Å². The van der Waals surface area contributed by atoms with Crippen molar-refractivity contribution in [2.75, 3.05) is 7.05 Å². The van der Waals surface area contributed by atoms with Crippen molar-refractivity contribution in [1.82, 2.24) is 14.8 Å². The van der Waals surface area contributed by atoms with Gasteiger partial charge in [-0.2, -0.15) is 4.98 Å². The first-order valence-corrected chi connectivity index (χ1v) is 8.12. The zero-order valence-corrected chi connectivity index (χ0v) is 14.2. The highest BCUT2D eigenvalue weighted by Gasteiger charge is 2.10. The summed E-state index contributed by atoms with van der Waals surface area (Å²) in [6.07, 6.45) is 0. The molecule has 1 aromatic heterocycles. The average molecular weight is 325 g/mol. The molecule has 0 spiro atoms. The van der Waals surface area contributed by atoms with Gasteiger partial charge in [-0.05, 0) is 24.7 Å². The van der Waals surface area contributed by atoms with Crippen LogP contribution in [0.3, 0.4) is 0 Å². The molecular weight excluding hydrogens is 304 g/mol. The quantitative estimate of drug-likeness (QED) is 0.708. The molecule has 0 aliphatic rings. The van der Waals surface area contributed by atoms with Gasteiger partial charge in [0.25, 0.3) is 0 Å². The summed E-state index contributed by atoms with van der Waals surface area (Å²) in [7, 11) is 2.16. The maximum Gasteiger partial charge on any atom is 0.221 e. The minimum Gasteiger partial charge on any atom is -0.315 e. The molecule has 2 aromatic carbocycles. The topological polar surface area (TPSA) is 38.0 Å². The number of nitrogens with zero attached hydrogens (tertiary/aromatic N) is 2. The van der Waals surface area contributed by atoms with Crippen LogP contribution in [0.2, 0.25) is 0 Å². The van der Waals surface area contributed by atoms with E-state index in [9.17, 15) is 0 Å². The van der Waals surface area contributed by atoms with E-state index in [4.69, 9.17) is 12.2 Å². The summed E-state index contributed by atoms with van der Waals surface area (Å²) in [5.74, 6) is 0.819. The van der Waals surface area contributed by atoms with Gasteiger partial charge in [0.05, 0.1) is 7.05 Å². The van der Waals surface area contributed by atoms with E-state index >= 15 is 0 Å². The Labute approximate surface area is 141 Å². The maximum absolute atomic E-state index is 5.39. The second-order valence-electron chi connectivity index (χ2n) is 5.87. The molecule has 0 fully saturated rings. The van der Waals surface area contributed by atoms with Crippen molar-refractivity contribution in [3.05, 3.63) is 70.5 Å². The number of benzene rings is 2. The van der Waals surface area contributed by atoms with E-state index in [2.05, 4.69) is 48.3 Å². The van der Waals surface area contributed by atoms with Crippen LogP contribution in [-0.2, 0) is 13.2 Å². The molecule has 0 bridgehead atoms. The van der Waals surface area contributed by atoms with Crippen molar-refractivity contribution in [3.63, 3.8) is 0 Å². The molecule has 4 nitrogen and oxygen atoms in total. The summed E-state index contributed by atoms with van der Waals surface area (Å²) in [6, 6.07) is 18.6. The fourth-order valence-corrected chi connectivity index (χ4v) is 2.85. The summed E-state index contributed by atoms with van der Waals surface area (Å²) >= 11 is 5.39. The Morgan fingerprint density at radius 2 is 1.78 bits per heavy atom. The molecule has 0 aliphatic carbocycles. The number of quaternary nitrogens is 1. The third-order valence-corrected chi connectivity index (χ3v) is 4.22. The van der Waals surface area contributed by atoms with Gasteiger partial charge in [0, 0.05) is 11.1 Å². The van der Waals surface area contributed by atoms with Crippen molar-refractivity contribution in [2.24, 2.45) is 0 Å². The van der Waals surface area contributed by atoms with E-state index in [0.717, 1.165) is 24.6 Å². The molecule has 1 heterocycles. The molecule has 1 unspecified atom stereocenters. The van der Waals surface area contributed by atoms with Crippen LogP contribution >= 0.6 is 12.2 Å². The Morgan fingerprint density at radius 1 is 1.09 bits per heavy atom. The first-order chi connectivity index (χ1) is 11.1. The van der Waals surface area contributed by atoms with E-state index < -0.39 is 0 Å². The number of aromatic nitrogens is 3. The smallest absolute Gasteiger partial charge is 0.221 e. The first kappa shape index (κ1) is 15.6. The Balaban J connectivity index is 1.74. The minimum absolute atomic E-state index is 0.591. The molecule has 0 radical (unpaired) electrons. The second kappa shape index (κ2) is 6.89. The largest absolute Gasteiger partial charge is 0.315 e. The number of aromatic amines is 1. The van der Waals surface area contributed by atoms with E-state index in [1.807, 2.05) is 35.0 Å². The average Bonchev–Trinajstić information content (AvgIpc) is 2.91. The molecule has 2 N–H and O–H groups in total. The van der Waals surface area contributed by atoms with Gasteiger partial charge in [-0.3, -0.25) is 5.10 Å². The van der Waals surface area contributed by atoms with Gasteiger partial charge in [0.2, 0.25) is 4.77 Å². The molecule has 118 valence electrons. The lowest BCUT2D eigenvalue weighted by atomic mass is 10.1. The summed E-state index contributed by atoms with van der Waals surface area (Å²) in [4.78, 5) is 5.81. The molecule has 1 atom stereocenters. The van der Waals surface area contributed by atoms with Crippen LogP contribution in [0, 0.1) is 11.7 Å². The predicted octanol–water partition coefficient (Wildman–Crippen LogP) is 2.59. The standard InChI is InChI=1S/C18H20N4S/c1-14-8-6-7-11-16(14)12-21(2)13-22-18(23)19-17(20-22)15-9-4-3-5-10-15/h3-11H,12-13H2,1-2H3,(H,19,20,23)/p+1. The van der Waals surface area contributed by atoms with Crippen LogP contribution in [0.25, 0.3) is 11.4 Å². The van der Waals surface area contributed by atoms with E-state index in [1.165, 1.54) is 16.0 Å². The number of nitrogens with one attached hydrogen (secondary N) is 2. The van der Waals surface area contributed by atoms with Crippen molar-refractivity contribution < 1.29 is 4.90 Å². The maximum atomic E-state index is 5.39. The second-order valence-corrected chi connectivity index (χ2v) is 6.23. The van der Waals surface area contributed by atoms with Crippen LogP contribution < -0.4 is 4.90 Å². The van der Waals surface area contributed by atoms with Gasteiger partial charge >= 0.3 is 0 Å². The molecule has 5 heteroatoms. The SMILES string of the molecule is Cc1ccccc1C[NH+](C)Cn1[nH]c(-c2ccccc2)nc1=S. The highest BCUT2D eigenvalue weighted by atomic mass is 32.1. The lowest BCUT2D eigenvalue weighted by Gasteiger charge is -2.15. The molecule has 0 saturated heterocycles. The van der Waals surface area contributed by atoms with E-state index in [-0.39, 0.29) is 0 Å². The Morgan fingerprint density at radius 3 is 2.52 bits per heavy atom. The summed E-state index contributed by atoms with van der Waals surface area (Å²) < 4.78 is 2.53. The van der Waals surface area contributed by atoms with Crippen LogP contribution in [-0.4, -0.2) is 21.8 Å².